The molecular formula is C10H16O2. The van der Waals surface area contributed by atoms with Gasteiger partial charge in [0.1, 0.15) is 6.29 Å². The number of methoxy groups -OCH3 is 1. The molecular weight excluding hydrogens is 152 g/mol. The van der Waals surface area contributed by atoms with Crippen LogP contribution in [0.5, 0.6) is 0 Å². The van der Waals surface area contributed by atoms with Gasteiger partial charge in [-0.2, -0.15) is 0 Å². The van der Waals surface area contributed by atoms with Gasteiger partial charge in [-0.05, 0) is 25.0 Å². The van der Waals surface area contributed by atoms with E-state index in [1.807, 2.05) is 6.08 Å². The molecule has 0 unspecified atom stereocenters. The van der Waals surface area contributed by atoms with E-state index in [0.29, 0.717) is 0 Å². The maximum absolute atomic E-state index is 10.2. The smallest absolute Gasteiger partial charge is 0.142 e. The fraction of sp³-hybridized carbons (Fsp3) is 0.700. The van der Waals surface area contributed by atoms with Crippen LogP contribution in [0.25, 0.3) is 0 Å². The monoisotopic (exact) mass is 168 g/mol. The Balaban J connectivity index is 2.59. The van der Waals surface area contributed by atoms with E-state index in [1.54, 1.807) is 13.2 Å². The molecule has 2 heteroatoms. The molecule has 0 atom stereocenters. The average Bonchev–Trinajstić information content (AvgIpc) is 2.16. The van der Waals surface area contributed by atoms with E-state index in [1.165, 1.54) is 19.3 Å². The van der Waals surface area contributed by atoms with Gasteiger partial charge in [0.2, 0.25) is 0 Å². The number of hydrogen-bond acceptors (Lipinski definition) is 2. The first-order chi connectivity index (χ1) is 5.83. The summed E-state index contributed by atoms with van der Waals surface area (Å²) in [6.45, 7) is 0. The molecule has 0 aromatic carbocycles. The summed E-state index contributed by atoms with van der Waals surface area (Å²) < 4.78 is 5.44. The minimum absolute atomic E-state index is 0.140. The summed E-state index contributed by atoms with van der Waals surface area (Å²) in [7, 11) is 1.72. The molecule has 0 spiro atoms. The predicted octanol–water partition coefficient (Wildman–Crippen LogP) is 2.09. The summed E-state index contributed by atoms with van der Waals surface area (Å²) >= 11 is 0. The molecule has 68 valence electrons. The Morgan fingerprint density at radius 3 is 2.42 bits per heavy atom. The van der Waals surface area contributed by atoms with Gasteiger partial charge < -0.3 is 4.74 Å². The van der Waals surface area contributed by atoms with Gasteiger partial charge in [-0.25, -0.2) is 0 Å². The maximum atomic E-state index is 10.2. The van der Waals surface area contributed by atoms with E-state index in [0.717, 1.165) is 19.1 Å². The standard InChI is InChI=1S/C10H16O2/c1-12-10(8-5-9-11)6-3-2-4-7-10/h5,8-9H,2-4,6-7H2,1H3/b8-5+. The number of allylic oxidation sites excluding steroid dienone is 1. The number of rotatable bonds is 3. The Morgan fingerprint density at radius 1 is 1.25 bits per heavy atom. The van der Waals surface area contributed by atoms with E-state index >= 15 is 0 Å². The zero-order valence-electron chi connectivity index (χ0n) is 7.58. The van der Waals surface area contributed by atoms with Gasteiger partial charge >= 0.3 is 0 Å². The van der Waals surface area contributed by atoms with Gasteiger partial charge in [0.05, 0.1) is 5.60 Å². The Labute approximate surface area is 73.6 Å². The quantitative estimate of drug-likeness (QED) is 0.476. The molecule has 0 saturated heterocycles. The lowest BCUT2D eigenvalue weighted by Crippen LogP contribution is -2.31. The normalized spacial score (nSPS) is 22.8. The fourth-order valence-electron chi connectivity index (χ4n) is 1.80. The molecule has 0 bridgehead atoms. The van der Waals surface area contributed by atoms with Crippen molar-refractivity contribution in [2.45, 2.75) is 37.7 Å². The van der Waals surface area contributed by atoms with E-state index in [9.17, 15) is 4.79 Å². The summed E-state index contributed by atoms with van der Waals surface area (Å²) in [5.41, 5.74) is -0.140. The van der Waals surface area contributed by atoms with Gasteiger partial charge in [-0.1, -0.05) is 19.3 Å². The molecule has 0 amide bonds. The highest BCUT2D eigenvalue weighted by atomic mass is 16.5. The molecule has 1 saturated carbocycles. The van der Waals surface area contributed by atoms with Gasteiger partial charge in [-0.15, -0.1) is 0 Å². The molecule has 0 heterocycles. The fourth-order valence-corrected chi connectivity index (χ4v) is 1.80. The first-order valence-corrected chi connectivity index (χ1v) is 4.51. The SMILES string of the molecule is COC1(/C=C/C=O)CCCCC1. The molecule has 0 N–H and O–H groups in total. The Hall–Kier alpha value is -0.630. The summed E-state index contributed by atoms with van der Waals surface area (Å²) in [6, 6.07) is 0. The van der Waals surface area contributed by atoms with Crippen molar-refractivity contribution in [3.63, 3.8) is 0 Å². The molecule has 1 rings (SSSR count). The van der Waals surface area contributed by atoms with Gasteiger partial charge in [0.25, 0.3) is 0 Å². The minimum atomic E-state index is -0.140. The van der Waals surface area contributed by atoms with Crippen LogP contribution < -0.4 is 0 Å². The number of ether oxygens (including phenoxy) is 1. The van der Waals surface area contributed by atoms with Crippen molar-refractivity contribution in [3.8, 4) is 0 Å². The zero-order valence-corrected chi connectivity index (χ0v) is 7.58. The van der Waals surface area contributed by atoms with E-state index in [4.69, 9.17) is 4.74 Å². The van der Waals surface area contributed by atoms with Crippen LogP contribution in [0.15, 0.2) is 12.2 Å². The Bertz CT molecular complexity index is 167. The van der Waals surface area contributed by atoms with Crippen LogP contribution in [0.4, 0.5) is 0 Å². The lowest BCUT2D eigenvalue weighted by atomic mass is 9.84. The second-order valence-corrected chi connectivity index (χ2v) is 3.32. The van der Waals surface area contributed by atoms with Crippen molar-refractivity contribution in [1.29, 1.82) is 0 Å². The summed E-state index contributed by atoms with van der Waals surface area (Å²) in [6.07, 6.45) is 10.1. The van der Waals surface area contributed by atoms with Crippen molar-refractivity contribution >= 4 is 6.29 Å². The minimum Gasteiger partial charge on any atom is -0.374 e. The summed E-state index contributed by atoms with van der Waals surface area (Å²) in [5, 5.41) is 0. The second-order valence-electron chi connectivity index (χ2n) is 3.32. The molecule has 0 radical (unpaired) electrons. The number of carbonyl (C=O) groups is 1. The number of aldehydes is 1. The highest BCUT2D eigenvalue weighted by Crippen LogP contribution is 2.31. The van der Waals surface area contributed by atoms with Crippen LogP contribution >= 0.6 is 0 Å². The lowest BCUT2D eigenvalue weighted by Gasteiger charge is -2.32. The Kier molecular flexibility index (Phi) is 3.48. The molecule has 12 heavy (non-hydrogen) atoms. The van der Waals surface area contributed by atoms with Crippen LogP contribution in [0, 0.1) is 0 Å². The maximum Gasteiger partial charge on any atom is 0.142 e. The largest absolute Gasteiger partial charge is 0.374 e. The van der Waals surface area contributed by atoms with Gasteiger partial charge in [0, 0.05) is 7.11 Å². The topological polar surface area (TPSA) is 26.3 Å². The third-order valence-electron chi connectivity index (χ3n) is 2.58. The first kappa shape index (κ1) is 9.46. The predicted molar refractivity (Wildman–Crippen MR) is 48.0 cm³/mol. The van der Waals surface area contributed by atoms with E-state index < -0.39 is 0 Å². The molecule has 0 aromatic heterocycles. The van der Waals surface area contributed by atoms with Crippen molar-refractivity contribution < 1.29 is 9.53 Å². The van der Waals surface area contributed by atoms with Crippen molar-refractivity contribution in [1.82, 2.24) is 0 Å². The highest BCUT2D eigenvalue weighted by molar-refractivity contribution is 5.65. The van der Waals surface area contributed by atoms with Gasteiger partial charge in [0.15, 0.2) is 0 Å². The Morgan fingerprint density at radius 2 is 1.92 bits per heavy atom. The van der Waals surface area contributed by atoms with Crippen LogP contribution in [0.2, 0.25) is 0 Å². The third-order valence-corrected chi connectivity index (χ3v) is 2.58. The molecule has 0 aromatic rings. The van der Waals surface area contributed by atoms with Gasteiger partial charge in [-0.3, -0.25) is 4.79 Å². The first-order valence-electron chi connectivity index (χ1n) is 4.51. The van der Waals surface area contributed by atoms with Crippen molar-refractivity contribution in [2.24, 2.45) is 0 Å². The van der Waals surface area contributed by atoms with Crippen LogP contribution in [0.1, 0.15) is 32.1 Å². The highest BCUT2D eigenvalue weighted by Gasteiger charge is 2.28. The van der Waals surface area contributed by atoms with Crippen molar-refractivity contribution in [2.75, 3.05) is 7.11 Å². The molecule has 0 aliphatic heterocycles. The third kappa shape index (κ3) is 2.18. The molecule has 1 fully saturated rings. The number of carbonyl (C=O) groups excluding carboxylic acids is 1. The lowest BCUT2D eigenvalue weighted by molar-refractivity contribution is -0.104. The van der Waals surface area contributed by atoms with Crippen LogP contribution in [0.3, 0.4) is 0 Å². The second kappa shape index (κ2) is 4.41. The number of hydrogen-bond donors (Lipinski definition) is 0. The summed E-state index contributed by atoms with van der Waals surface area (Å²) in [4.78, 5) is 10.2. The van der Waals surface area contributed by atoms with E-state index in [2.05, 4.69) is 0 Å². The average molecular weight is 168 g/mol. The van der Waals surface area contributed by atoms with E-state index in [-0.39, 0.29) is 5.60 Å². The molecule has 1 aliphatic carbocycles. The van der Waals surface area contributed by atoms with Crippen LogP contribution in [-0.2, 0) is 9.53 Å². The molecule has 1 aliphatic rings. The summed E-state index contributed by atoms with van der Waals surface area (Å²) in [5.74, 6) is 0. The van der Waals surface area contributed by atoms with Crippen LogP contribution in [-0.4, -0.2) is 19.0 Å². The molecule has 2 nitrogen and oxygen atoms in total. The zero-order chi connectivity index (χ0) is 8.86. The van der Waals surface area contributed by atoms with Crippen molar-refractivity contribution in [3.05, 3.63) is 12.2 Å².